The highest BCUT2D eigenvalue weighted by Gasteiger charge is 2.31. The van der Waals surface area contributed by atoms with Crippen molar-refractivity contribution in [1.82, 2.24) is 5.32 Å². The van der Waals surface area contributed by atoms with E-state index in [2.05, 4.69) is 10.6 Å². The molecule has 0 heterocycles. The van der Waals surface area contributed by atoms with Gasteiger partial charge in [-0.15, -0.1) is 0 Å². The molecule has 0 aromatic heterocycles. The molecule has 1 aromatic carbocycles. The topological polar surface area (TPSA) is 103 Å². The number of rotatable bonds is 7. The SMILES string of the molecule is CCOC(=O)C(NC(=O)Nc1cc(C)ccc1OC)C(=O)OCC. The highest BCUT2D eigenvalue weighted by Crippen LogP contribution is 2.24. The van der Waals surface area contributed by atoms with Crippen molar-refractivity contribution in [2.24, 2.45) is 0 Å². The molecule has 1 aromatic rings. The van der Waals surface area contributed by atoms with Crippen LogP contribution in [0.2, 0.25) is 0 Å². The number of hydrogen-bond acceptors (Lipinski definition) is 6. The Morgan fingerprint density at radius 3 is 2.17 bits per heavy atom. The second-order valence-electron chi connectivity index (χ2n) is 4.74. The molecular formula is C16H22N2O6. The van der Waals surface area contributed by atoms with E-state index in [1.54, 1.807) is 26.0 Å². The third-order valence-electron chi connectivity index (χ3n) is 2.92. The minimum absolute atomic E-state index is 0.0732. The third-order valence-corrected chi connectivity index (χ3v) is 2.92. The van der Waals surface area contributed by atoms with Gasteiger partial charge < -0.3 is 24.8 Å². The molecule has 2 N–H and O–H groups in total. The lowest BCUT2D eigenvalue weighted by molar-refractivity contribution is -0.157. The largest absolute Gasteiger partial charge is 0.495 e. The van der Waals surface area contributed by atoms with Gasteiger partial charge in [0.25, 0.3) is 0 Å². The molecule has 0 saturated carbocycles. The quantitative estimate of drug-likeness (QED) is 0.578. The Morgan fingerprint density at radius 2 is 1.67 bits per heavy atom. The van der Waals surface area contributed by atoms with Crippen LogP contribution in [0.4, 0.5) is 10.5 Å². The van der Waals surface area contributed by atoms with E-state index in [4.69, 9.17) is 14.2 Å². The van der Waals surface area contributed by atoms with Gasteiger partial charge in [0.1, 0.15) is 5.75 Å². The number of aryl methyl sites for hydroxylation is 1. The van der Waals surface area contributed by atoms with E-state index >= 15 is 0 Å². The average molecular weight is 338 g/mol. The smallest absolute Gasteiger partial charge is 0.340 e. The maximum Gasteiger partial charge on any atom is 0.340 e. The summed E-state index contributed by atoms with van der Waals surface area (Å²) in [5, 5.41) is 4.79. The number of hydrogen-bond donors (Lipinski definition) is 2. The Balaban J connectivity index is 2.86. The summed E-state index contributed by atoms with van der Waals surface area (Å²) in [4.78, 5) is 35.8. The van der Waals surface area contributed by atoms with Crippen LogP contribution < -0.4 is 15.4 Å². The number of urea groups is 1. The van der Waals surface area contributed by atoms with E-state index in [9.17, 15) is 14.4 Å². The van der Waals surface area contributed by atoms with Crippen molar-refractivity contribution < 1.29 is 28.6 Å². The Hall–Kier alpha value is -2.77. The highest BCUT2D eigenvalue weighted by atomic mass is 16.6. The first kappa shape index (κ1) is 19.3. The zero-order valence-corrected chi connectivity index (χ0v) is 14.2. The number of carbonyl (C=O) groups excluding carboxylic acids is 3. The van der Waals surface area contributed by atoms with Gasteiger partial charge in [-0.05, 0) is 38.5 Å². The predicted octanol–water partition coefficient (Wildman–Crippen LogP) is 1.62. The Morgan fingerprint density at radius 1 is 1.08 bits per heavy atom. The molecule has 24 heavy (non-hydrogen) atoms. The van der Waals surface area contributed by atoms with Gasteiger partial charge in [-0.25, -0.2) is 14.4 Å². The Labute approximate surface area is 140 Å². The maximum atomic E-state index is 12.1. The van der Waals surface area contributed by atoms with E-state index < -0.39 is 24.0 Å². The van der Waals surface area contributed by atoms with Gasteiger partial charge in [-0.1, -0.05) is 6.07 Å². The number of amides is 2. The lowest BCUT2D eigenvalue weighted by atomic mass is 10.2. The molecule has 0 saturated heterocycles. The predicted molar refractivity (Wildman–Crippen MR) is 86.9 cm³/mol. The number of nitrogens with one attached hydrogen (secondary N) is 2. The number of benzene rings is 1. The fourth-order valence-electron chi connectivity index (χ4n) is 1.87. The molecule has 0 unspecified atom stereocenters. The fourth-order valence-corrected chi connectivity index (χ4v) is 1.87. The van der Waals surface area contributed by atoms with Crippen molar-refractivity contribution >= 4 is 23.7 Å². The summed E-state index contributed by atoms with van der Waals surface area (Å²) in [5.41, 5.74) is 1.31. The summed E-state index contributed by atoms with van der Waals surface area (Å²) >= 11 is 0. The van der Waals surface area contributed by atoms with Gasteiger partial charge in [0.15, 0.2) is 0 Å². The van der Waals surface area contributed by atoms with Crippen LogP contribution >= 0.6 is 0 Å². The second kappa shape index (κ2) is 9.39. The van der Waals surface area contributed by atoms with E-state index in [0.29, 0.717) is 11.4 Å². The monoisotopic (exact) mass is 338 g/mol. The summed E-state index contributed by atoms with van der Waals surface area (Å²) in [5.74, 6) is -1.33. The molecular weight excluding hydrogens is 316 g/mol. The molecule has 2 amide bonds. The average Bonchev–Trinajstić information content (AvgIpc) is 2.53. The van der Waals surface area contributed by atoms with Crippen molar-refractivity contribution in [3.05, 3.63) is 23.8 Å². The molecule has 0 atom stereocenters. The fraction of sp³-hybridized carbons (Fsp3) is 0.438. The van der Waals surface area contributed by atoms with Crippen molar-refractivity contribution in [1.29, 1.82) is 0 Å². The number of anilines is 1. The number of esters is 2. The first-order chi connectivity index (χ1) is 11.4. The second-order valence-corrected chi connectivity index (χ2v) is 4.74. The van der Waals surface area contributed by atoms with Crippen LogP contribution in [-0.4, -0.2) is 44.3 Å². The van der Waals surface area contributed by atoms with Crippen LogP contribution in [0.1, 0.15) is 19.4 Å². The Kier molecular flexibility index (Phi) is 7.54. The Bertz CT molecular complexity index is 584. The van der Waals surface area contributed by atoms with E-state index in [1.807, 2.05) is 13.0 Å². The minimum Gasteiger partial charge on any atom is -0.495 e. The summed E-state index contributed by atoms with van der Waals surface area (Å²) in [7, 11) is 1.47. The van der Waals surface area contributed by atoms with Gasteiger partial charge in [0.05, 0.1) is 26.0 Å². The van der Waals surface area contributed by atoms with E-state index in [0.717, 1.165) is 5.56 Å². The molecule has 0 bridgehead atoms. The van der Waals surface area contributed by atoms with Crippen LogP contribution in [0, 0.1) is 6.92 Å². The minimum atomic E-state index is -1.54. The number of ether oxygens (including phenoxy) is 3. The van der Waals surface area contributed by atoms with Crippen LogP contribution in [0.3, 0.4) is 0 Å². The molecule has 8 heteroatoms. The standard InChI is InChI=1S/C16H22N2O6/c1-5-23-14(19)13(15(20)24-6-2)18-16(21)17-11-9-10(3)7-8-12(11)22-4/h7-9,13H,5-6H2,1-4H3,(H2,17,18,21). The van der Waals surface area contributed by atoms with Crippen molar-refractivity contribution in [3.63, 3.8) is 0 Å². The van der Waals surface area contributed by atoms with E-state index in [-0.39, 0.29) is 13.2 Å². The molecule has 1 rings (SSSR count). The molecule has 0 aliphatic heterocycles. The van der Waals surface area contributed by atoms with Crippen molar-refractivity contribution in [3.8, 4) is 5.75 Å². The zero-order chi connectivity index (χ0) is 18.1. The van der Waals surface area contributed by atoms with Gasteiger partial charge in [0.2, 0.25) is 6.04 Å². The van der Waals surface area contributed by atoms with Crippen LogP contribution in [0.25, 0.3) is 0 Å². The number of methoxy groups -OCH3 is 1. The normalized spacial score (nSPS) is 10.0. The van der Waals surface area contributed by atoms with Crippen molar-refractivity contribution in [2.45, 2.75) is 26.8 Å². The third kappa shape index (κ3) is 5.45. The zero-order valence-electron chi connectivity index (χ0n) is 14.2. The highest BCUT2D eigenvalue weighted by molar-refractivity contribution is 6.04. The summed E-state index contributed by atoms with van der Waals surface area (Å²) < 4.78 is 14.7. The summed E-state index contributed by atoms with van der Waals surface area (Å²) in [6.07, 6.45) is 0. The molecule has 0 aliphatic carbocycles. The first-order valence-electron chi connectivity index (χ1n) is 7.48. The van der Waals surface area contributed by atoms with Crippen LogP contribution in [-0.2, 0) is 19.1 Å². The molecule has 132 valence electrons. The number of carbonyl (C=O) groups is 3. The molecule has 0 fully saturated rings. The van der Waals surface area contributed by atoms with Crippen LogP contribution in [0.15, 0.2) is 18.2 Å². The lowest BCUT2D eigenvalue weighted by Crippen LogP contribution is -2.49. The molecule has 0 aliphatic rings. The molecule has 0 radical (unpaired) electrons. The summed E-state index contributed by atoms with van der Waals surface area (Å²) in [6, 6.07) is 2.91. The van der Waals surface area contributed by atoms with E-state index in [1.165, 1.54) is 7.11 Å². The van der Waals surface area contributed by atoms with Gasteiger partial charge in [-0.3, -0.25) is 0 Å². The maximum absolute atomic E-state index is 12.1. The molecule has 8 nitrogen and oxygen atoms in total. The first-order valence-corrected chi connectivity index (χ1v) is 7.48. The lowest BCUT2D eigenvalue weighted by Gasteiger charge is -2.17. The molecule has 0 spiro atoms. The van der Waals surface area contributed by atoms with Crippen LogP contribution in [0.5, 0.6) is 5.75 Å². The van der Waals surface area contributed by atoms with Gasteiger partial charge in [0, 0.05) is 0 Å². The van der Waals surface area contributed by atoms with Crippen molar-refractivity contribution in [2.75, 3.05) is 25.6 Å². The summed E-state index contributed by atoms with van der Waals surface area (Å²) in [6.45, 7) is 5.19. The van der Waals surface area contributed by atoms with Gasteiger partial charge in [-0.2, -0.15) is 0 Å². The van der Waals surface area contributed by atoms with Gasteiger partial charge >= 0.3 is 18.0 Å².